The summed E-state index contributed by atoms with van der Waals surface area (Å²) in [5, 5.41) is 2.70. The zero-order valence-electron chi connectivity index (χ0n) is 12.3. The molecule has 1 aromatic carbocycles. The smallest absolute Gasteiger partial charge is 0.224 e. The van der Waals surface area contributed by atoms with Crippen LogP contribution in [-0.4, -0.2) is 32.7 Å². The second kappa shape index (κ2) is 9.02. The van der Waals surface area contributed by atoms with Crippen LogP contribution in [0, 0.1) is 5.92 Å². The highest BCUT2D eigenvalue weighted by molar-refractivity contribution is 7.91. The fourth-order valence-corrected chi connectivity index (χ4v) is 2.95. The number of carbonyl (C=O) groups excluding carboxylic acids is 1. The first-order valence-corrected chi connectivity index (χ1v) is 8.31. The molecule has 0 aliphatic rings. The maximum atomic E-state index is 12.0. The van der Waals surface area contributed by atoms with Crippen molar-refractivity contribution in [2.45, 2.75) is 31.2 Å². The minimum atomic E-state index is -3.27. The second-order valence-corrected chi connectivity index (χ2v) is 7.03. The van der Waals surface area contributed by atoms with Crippen molar-refractivity contribution in [3.63, 3.8) is 0 Å². The van der Waals surface area contributed by atoms with Gasteiger partial charge >= 0.3 is 0 Å². The van der Waals surface area contributed by atoms with Gasteiger partial charge in [0.25, 0.3) is 0 Å². The van der Waals surface area contributed by atoms with Crippen LogP contribution < -0.4 is 11.1 Å². The molecule has 0 aliphatic heterocycles. The molecular formula is C14H23ClN2O3S. The molecule has 0 bridgehead atoms. The lowest BCUT2D eigenvalue weighted by atomic mass is 10.0. The summed E-state index contributed by atoms with van der Waals surface area (Å²) in [7, 11) is -3.27. The van der Waals surface area contributed by atoms with Gasteiger partial charge in [-0.15, -0.1) is 12.4 Å². The van der Waals surface area contributed by atoms with Crippen molar-refractivity contribution < 1.29 is 13.2 Å². The molecule has 21 heavy (non-hydrogen) atoms. The van der Waals surface area contributed by atoms with Gasteiger partial charge in [0.15, 0.2) is 9.84 Å². The number of hydrogen-bond donors (Lipinski definition) is 2. The van der Waals surface area contributed by atoms with Gasteiger partial charge in [-0.25, -0.2) is 8.42 Å². The first kappa shape index (κ1) is 19.9. The van der Waals surface area contributed by atoms with Crippen LogP contribution in [0.1, 0.15) is 20.3 Å². The van der Waals surface area contributed by atoms with Crippen molar-refractivity contribution in [3.05, 3.63) is 30.3 Å². The molecular weight excluding hydrogens is 312 g/mol. The summed E-state index contributed by atoms with van der Waals surface area (Å²) in [5.41, 5.74) is 5.63. The Morgan fingerprint density at radius 1 is 1.24 bits per heavy atom. The largest absolute Gasteiger partial charge is 0.356 e. The molecule has 0 fully saturated rings. The van der Waals surface area contributed by atoms with E-state index in [1.807, 2.05) is 0 Å². The second-order valence-electron chi connectivity index (χ2n) is 4.92. The van der Waals surface area contributed by atoms with Crippen molar-refractivity contribution in [2.24, 2.45) is 11.7 Å². The number of halogens is 1. The van der Waals surface area contributed by atoms with Gasteiger partial charge in [0, 0.05) is 18.5 Å². The van der Waals surface area contributed by atoms with Crippen LogP contribution in [-0.2, 0) is 14.6 Å². The average molecular weight is 335 g/mol. The van der Waals surface area contributed by atoms with Gasteiger partial charge in [-0.3, -0.25) is 4.79 Å². The van der Waals surface area contributed by atoms with E-state index >= 15 is 0 Å². The number of nitrogens with two attached hydrogens (primary N) is 1. The molecule has 0 saturated carbocycles. The fourth-order valence-electron chi connectivity index (χ4n) is 1.62. The number of benzene rings is 1. The van der Waals surface area contributed by atoms with E-state index in [9.17, 15) is 13.2 Å². The van der Waals surface area contributed by atoms with Gasteiger partial charge in [0.05, 0.1) is 10.6 Å². The Kier molecular flexibility index (Phi) is 8.54. The van der Waals surface area contributed by atoms with Crippen molar-refractivity contribution in [2.75, 3.05) is 12.3 Å². The Bertz CT molecular complexity index is 532. The number of carbonyl (C=O) groups is 1. The standard InChI is InChI=1S/C14H22N2O3S.ClH/c1-11(12(2)15)14(17)16-9-6-10-20(18,19)13-7-4-3-5-8-13;/h3-5,7-8,11-12H,6,9-10,15H2,1-2H3,(H,16,17);1H. The van der Waals surface area contributed by atoms with Gasteiger partial charge in [-0.2, -0.15) is 0 Å². The monoisotopic (exact) mass is 334 g/mol. The number of hydrogen-bond acceptors (Lipinski definition) is 4. The van der Waals surface area contributed by atoms with Crippen LogP contribution in [0.2, 0.25) is 0 Å². The summed E-state index contributed by atoms with van der Waals surface area (Å²) < 4.78 is 24.0. The van der Waals surface area contributed by atoms with Crippen molar-refractivity contribution in [3.8, 4) is 0 Å². The van der Waals surface area contributed by atoms with Crippen molar-refractivity contribution in [1.29, 1.82) is 0 Å². The molecule has 1 amide bonds. The molecule has 0 aromatic heterocycles. The van der Waals surface area contributed by atoms with Gasteiger partial charge in [-0.1, -0.05) is 25.1 Å². The SMILES string of the molecule is CC(N)C(C)C(=O)NCCCS(=O)(=O)c1ccccc1.Cl. The fraction of sp³-hybridized carbons (Fsp3) is 0.500. The first-order valence-electron chi connectivity index (χ1n) is 6.65. The number of amides is 1. The number of rotatable bonds is 7. The predicted octanol–water partition coefficient (Wildman–Crippen LogP) is 1.37. The van der Waals surface area contributed by atoms with E-state index in [2.05, 4.69) is 5.32 Å². The van der Waals surface area contributed by atoms with Crippen LogP contribution in [0.5, 0.6) is 0 Å². The van der Waals surface area contributed by atoms with Crippen LogP contribution in [0.3, 0.4) is 0 Å². The summed E-state index contributed by atoms with van der Waals surface area (Å²) >= 11 is 0. The zero-order chi connectivity index (χ0) is 15.2. The van der Waals surface area contributed by atoms with E-state index in [-0.39, 0.29) is 36.0 Å². The average Bonchev–Trinajstić information content (AvgIpc) is 2.43. The maximum absolute atomic E-state index is 12.0. The summed E-state index contributed by atoms with van der Waals surface area (Å²) in [6, 6.07) is 8.09. The Labute approximate surface area is 132 Å². The van der Waals surface area contributed by atoms with E-state index in [0.29, 0.717) is 17.9 Å². The maximum Gasteiger partial charge on any atom is 0.224 e. The molecule has 2 unspecified atom stereocenters. The minimum absolute atomic E-state index is 0. The molecule has 0 spiro atoms. The normalized spacial score (nSPS) is 13.9. The van der Waals surface area contributed by atoms with Crippen LogP contribution in [0.25, 0.3) is 0 Å². The molecule has 7 heteroatoms. The summed E-state index contributed by atoms with van der Waals surface area (Å²) in [6.07, 6.45) is 0.384. The molecule has 5 nitrogen and oxygen atoms in total. The van der Waals surface area contributed by atoms with E-state index in [1.54, 1.807) is 44.2 Å². The van der Waals surface area contributed by atoms with Crippen LogP contribution in [0.4, 0.5) is 0 Å². The topological polar surface area (TPSA) is 89.3 Å². The van der Waals surface area contributed by atoms with E-state index < -0.39 is 9.84 Å². The van der Waals surface area contributed by atoms with Gasteiger partial charge in [-0.05, 0) is 25.5 Å². The van der Waals surface area contributed by atoms with Gasteiger partial charge in [0.2, 0.25) is 5.91 Å². The zero-order valence-corrected chi connectivity index (χ0v) is 13.9. The lowest BCUT2D eigenvalue weighted by molar-refractivity contribution is -0.124. The van der Waals surface area contributed by atoms with Crippen molar-refractivity contribution in [1.82, 2.24) is 5.32 Å². The summed E-state index contributed by atoms with van der Waals surface area (Å²) in [6.45, 7) is 3.85. The molecule has 0 saturated heterocycles. The number of nitrogens with one attached hydrogen (secondary N) is 1. The molecule has 0 aliphatic carbocycles. The molecule has 120 valence electrons. The minimum Gasteiger partial charge on any atom is -0.356 e. The highest BCUT2D eigenvalue weighted by Crippen LogP contribution is 2.10. The molecule has 3 N–H and O–H groups in total. The lowest BCUT2D eigenvalue weighted by Gasteiger charge is -2.15. The summed E-state index contributed by atoms with van der Waals surface area (Å²) in [5.74, 6) is -0.401. The first-order chi connectivity index (χ1) is 9.34. The van der Waals surface area contributed by atoms with Crippen LogP contribution in [0.15, 0.2) is 35.2 Å². The lowest BCUT2D eigenvalue weighted by Crippen LogP contribution is -2.39. The molecule has 1 aromatic rings. The van der Waals surface area contributed by atoms with Gasteiger partial charge in [0.1, 0.15) is 0 Å². The Hall–Kier alpha value is -1.11. The number of sulfone groups is 1. The quantitative estimate of drug-likeness (QED) is 0.737. The highest BCUT2D eigenvalue weighted by Gasteiger charge is 2.17. The van der Waals surface area contributed by atoms with Gasteiger partial charge < -0.3 is 11.1 Å². The Balaban J connectivity index is 0.00000400. The van der Waals surface area contributed by atoms with E-state index in [1.165, 1.54) is 0 Å². The van der Waals surface area contributed by atoms with E-state index in [0.717, 1.165) is 0 Å². The molecule has 1 rings (SSSR count). The molecule has 0 radical (unpaired) electrons. The third-order valence-corrected chi connectivity index (χ3v) is 5.01. The molecule has 0 heterocycles. The highest BCUT2D eigenvalue weighted by atomic mass is 35.5. The summed E-state index contributed by atoms with van der Waals surface area (Å²) in [4.78, 5) is 12.0. The Morgan fingerprint density at radius 3 is 2.33 bits per heavy atom. The predicted molar refractivity (Wildman–Crippen MR) is 86.2 cm³/mol. The molecule has 2 atom stereocenters. The van der Waals surface area contributed by atoms with E-state index in [4.69, 9.17) is 5.73 Å². The third-order valence-electron chi connectivity index (χ3n) is 3.19. The van der Waals surface area contributed by atoms with Crippen LogP contribution >= 0.6 is 12.4 Å². The van der Waals surface area contributed by atoms with Crippen molar-refractivity contribution >= 4 is 28.2 Å². The Morgan fingerprint density at radius 2 is 1.81 bits per heavy atom. The third kappa shape index (κ3) is 6.46.